The molecule has 0 aromatic carbocycles. The Morgan fingerprint density at radius 2 is 2.32 bits per heavy atom. The fourth-order valence-electron chi connectivity index (χ4n) is 2.04. The molecule has 1 unspecified atom stereocenters. The molecule has 0 bridgehead atoms. The van der Waals surface area contributed by atoms with Gasteiger partial charge in [-0.15, -0.1) is 5.73 Å². The van der Waals surface area contributed by atoms with Crippen LogP contribution in [0.25, 0.3) is 0 Å². The van der Waals surface area contributed by atoms with E-state index in [9.17, 15) is 0 Å². The zero-order chi connectivity index (χ0) is 13.7. The van der Waals surface area contributed by atoms with Crippen LogP contribution in [-0.2, 0) is 4.74 Å². The molecule has 2 rings (SSSR count). The van der Waals surface area contributed by atoms with E-state index >= 15 is 0 Å². The normalized spacial score (nSPS) is 19.3. The van der Waals surface area contributed by atoms with Crippen LogP contribution in [-0.4, -0.2) is 12.3 Å². The third kappa shape index (κ3) is 3.36. The van der Waals surface area contributed by atoms with Gasteiger partial charge in [0.1, 0.15) is 5.76 Å². The summed E-state index contributed by atoms with van der Waals surface area (Å²) in [4.78, 5) is 4.44. The van der Waals surface area contributed by atoms with Gasteiger partial charge in [-0.25, -0.2) is 0 Å². The van der Waals surface area contributed by atoms with E-state index in [-0.39, 0.29) is 0 Å². The Morgan fingerprint density at radius 1 is 1.47 bits per heavy atom. The Bertz CT molecular complexity index is 525. The van der Waals surface area contributed by atoms with E-state index in [1.54, 1.807) is 0 Å². The number of fused-ring (bicyclic) bond motifs is 1. The fourth-order valence-corrected chi connectivity index (χ4v) is 2.04. The Morgan fingerprint density at radius 3 is 3.11 bits per heavy atom. The predicted molar refractivity (Wildman–Crippen MR) is 80.0 cm³/mol. The van der Waals surface area contributed by atoms with Gasteiger partial charge in [-0.2, -0.15) is 0 Å². The number of nitrogens with zero attached hydrogens (tertiary/aromatic N) is 1. The van der Waals surface area contributed by atoms with Gasteiger partial charge in [0, 0.05) is 23.6 Å². The highest BCUT2D eigenvalue weighted by molar-refractivity contribution is 6.03. The lowest BCUT2D eigenvalue weighted by Crippen LogP contribution is -2.09. The molecule has 2 aliphatic rings. The van der Waals surface area contributed by atoms with Crippen molar-refractivity contribution in [2.45, 2.75) is 33.6 Å². The molecule has 2 nitrogen and oxygen atoms in total. The van der Waals surface area contributed by atoms with Crippen LogP contribution in [0, 0.1) is 5.92 Å². The van der Waals surface area contributed by atoms with Crippen LogP contribution in [0.3, 0.4) is 0 Å². The first-order chi connectivity index (χ1) is 9.22. The highest BCUT2D eigenvalue weighted by Gasteiger charge is 2.17. The minimum atomic E-state index is 0.558. The molecule has 0 radical (unpaired) electrons. The first kappa shape index (κ1) is 13.6. The molecule has 1 atom stereocenters. The van der Waals surface area contributed by atoms with E-state index in [4.69, 9.17) is 4.74 Å². The summed E-state index contributed by atoms with van der Waals surface area (Å²) < 4.78 is 6.00. The van der Waals surface area contributed by atoms with Crippen LogP contribution in [0.15, 0.2) is 58.1 Å². The van der Waals surface area contributed by atoms with E-state index in [2.05, 4.69) is 36.7 Å². The average Bonchev–Trinajstić information content (AvgIpc) is 2.72. The maximum Gasteiger partial charge on any atom is 0.136 e. The van der Waals surface area contributed by atoms with Gasteiger partial charge in [0.2, 0.25) is 0 Å². The van der Waals surface area contributed by atoms with Gasteiger partial charge in [0.25, 0.3) is 0 Å². The van der Waals surface area contributed by atoms with Crippen molar-refractivity contribution in [1.29, 1.82) is 0 Å². The van der Waals surface area contributed by atoms with Gasteiger partial charge >= 0.3 is 0 Å². The molecule has 19 heavy (non-hydrogen) atoms. The quantitative estimate of drug-likeness (QED) is 0.685. The molecule has 0 aromatic heterocycles. The summed E-state index contributed by atoms with van der Waals surface area (Å²) in [6.45, 7) is 7.15. The van der Waals surface area contributed by atoms with E-state index in [1.165, 1.54) is 5.57 Å². The number of aliphatic imine (C=N–C) groups is 1. The summed E-state index contributed by atoms with van der Waals surface area (Å²) in [6.07, 6.45) is 11.9. The van der Waals surface area contributed by atoms with Crippen molar-refractivity contribution in [3.05, 3.63) is 53.1 Å². The minimum absolute atomic E-state index is 0.558. The summed E-state index contributed by atoms with van der Waals surface area (Å²) in [6, 6.07) is 0. The van der Waals surface area contributed by atoms with Gasteiger partial charge in [-0.05, 0) is 30.9 Å². The van der Waals surface area contributed by atoms with E-state index in [0.29, 0.717) is 5.92 Å². The third-order valence-electron chi connectivity index (χ3n) is 3.46. The smallest absolute Gasteiger partial charge is 0.136 e. The molecule has 0 spiro atoms. The number of rotatable bonds is 4. The van der Waals surface area contributed by atoms with E-state index in [1.807, 2.05) is 25.3 Å². The number of allylic oxidation sites excluding steroid dienone is 5. The van der Waals surface area contributed by atoms with Gasteiger partial charge in [-0.1, -0.05) is 32.4 Å². The van der Waals surface area contributed by atoms with Gasteiger partial charge < -0.3 is 4.74 Å². The largest absolute Gasteiger partial charge is 0.492 e. The topological polar surface area (TPSA) is 21.6 Å². The van der Waals surface area contributed by atoms with Crippen molar-refractivity contribution in [3.8, 4) is 0 Å². The van der Waals surface area contributed by atoms with Gasteiger partial charge in [0.15, 0.2) is 0 Å². The van der Waals surface area contributed by atoms with Crippen LogP contribution >= 0.6 is 0 Å². The van der Waals surface area contributed by atoms with Crippen LogP contribution in [0.2, 0.25) is 0 Å². The van der Waals surface area contributed by atoms with Crippen LogP contribution in [0.1, 0.15) is 33.6 Å². The maximum atomic E-state index is 6.00. The first-order valence-electron chi connectivity index (χ1n) is 6.91. The standard InChI is InChI=1S/C17H21NO/c1-4-13(2)12-19-16-10-6-5-8-15-9-7-11-18-14(3)17(15)16/h5,7-8,10-11,13H,4,9,12H2,1-3H3. The van der Waals surface area contributed by atoms with E-state index in [0.717, 1.165) is 36.5 Å². The minimum Gasteiger partial charge on any atom is -0.492 e. The first-order valence-corrected chi connectivity index (χ1v) is 6.91. The van der Waals surface area contributed by atoms with Crippen LogP contribution < -0.4 is 0 Å². The Balaban J connectivity index is 2.33. The number of hydrogen-bond acceptors (Lipinski definition) is 2. The molecule has 0 saturated heterocycles. The lowest BCUT2D eigenvalue weighted by molar-refractivity contribution is 0.179. The van der Waals surface area contributed by atoms with Crippen LogP contribution in [0.4, 0.5) is 0 Å². The highest BCUT2D eigenvalue weighted by Crippen LogP contribution is 2.26. The molecule has 1 aliphatic heterocycles. The van der Waals surface area contributed by atoms with Crippen molar-refractivity contribution in [1.82, 2.24) is 0 Å². The van der Waals surface area contributed by atoms with Crippen molar-refractivity contribution in [3.63, 3.8) is 0 Å². The second-order valence-corrected chi connectivity index (χ2v) is 5.04. The van der Waals surface area contributed by atoms with Gasteiger partial charge in [-0.3, -0.25) is 4.99 Å². The molecule has 100 valence electrons. The lowest BCUT2D eigenvalue weighted by atomic mass is 9.98. The lowest BCUT2D eigenvalue weighted by Gasteiger charge is -2.16. The molecule has 0 aromatic rings. The second-order valence-electron chi connectivity index (χ2n) is 5.04. The van der Waals surface area contributed by atoms with E-state index < -0.39 is 0 Å². The monoisotopic (exact) mass is 255 g/mol. The molecular weight excluding hydrogens is 234 g/mol. The third-order valence-corrected chi connectivity index (χ3v) is 3.46. The summed E-state index contributed by atoms with van der Waals surface area (Å²) in [5.41, 5.74) is 6.52. The van der Waals surface area contributed by atoms with Gasteiger partial charge in [0.05, 0.1) is 6.61 Å². The maximum absolute atomic E-state index is 6.00. The van der Waals surface area contributed by atoms with Crippen molar-refractivity contribution in [2.24, 2.45) is 10.9 Å². The Kier molecular flexibility index (Phi) is 4.59. The van der Waals surface area contributed by atoms with Crippen LogP contribution in [0.5, 0.6) is 0 Å². The summed E-state index contributed by atoms with van der Waals surface area (Å²) >= 11 is 0. The van der Waals surface area contributed by atoms with Crippen molar-refractivity contribution in [2.75, 3.05) is 6.61 Å². The summed E-state index contributed by atoms with van der Waals surface area (Å²) in [5, 5.41) is 0. The molecule has 1 aliphatic carbocycles. The Labute approximate surface area is 115 Å². The average molecular weight is 255 g/mol. The predicted octanol–water partition coefficient (Wildman–Crippen LogP) is 4.33. The second kappa shape index (κ2) is 6.40. The molecule has 2 heteroatoms. The molecular formula is C17H21NO. The molecule has 0 amide bonds. The zero-order valence-electron chi connectivity index (χ0n) is 11.9. The highest BCUT2D eigenvalue weighted by atomic mass is 16.5. The summed E-state index contributed by atoms with van der Waals surface area (Å²) in [7, 11) is 0. The zero-order valence-corrected chi connectivity index (χ0v) is 11.9. The van der Waals surface area contributed by atoms with Crippen molar-refractivity contribution < 1.29 is 4.74 Å². The molecule has 0 fully saturated rings. The van der Waals surface area contributed by atoms with Crippen molar-refractivity contribution >= 4 is 5.71 Å². The molecule has 0 saturated carbocycles. The fraction of sp³-hybridized carbons (Fsp3) is 0.412. The molecule has 1 heterocycles. The number of ether oxygens (including phenoxy) is 1. The SMILES string of the molecule is CCC(C)COC1=C2C(=CC=C=C1)CC=CN=C2C. The molecule has 0 N–H and O–H groups in total. The summed E-state index contributed by atoms with van der Waals surface area (Å²) in [5.74, 6) is 1.45. The number of hydrogen-bond donors (Lipinski definition) is 0. The Hall–Kier alpha value is -1.79.